The summed E-state index contributed by atoms with van der Waals surface area (Å²) in [6.07, 6.45) is 1.25. The van der Waals surface area contributed by atoms with E-state index < -0.39 is 5.60 Å². The average molecular weight is 156 g/mol. The molecule has 0 heterocycles. The van der Waals surface area contributed by atoms with E-state index in [0.717, 1.165) is 0 Å². The van der Waals surface area contributed by atoms with Crippen molar-refractivity contribution in [1.29, 1.82) is 0 Å². The first kappa shape index (κ1) is 16.9. The molecule has 52 valence electrons. The van der Waals surface area contributed by atoms with Crippen LogP contribution in [-0.2, 0) is 0 Å². The maximum Gasteiger partial charge on any atom is 1.00 e. The Hall–Kier alpha value is 1.60. The molecule has 0 bridgehead atoms. The molecule has 0 unspecified atom stereocenters. The Bertz CT molecular complexity index is 32.7. The first-order valence-electron chi connectivity index (χ1n) is 3.12. The van der Waals surface area contributed by atoms with Gasteiger partial charge in [-0.05, 0) is 0 Å². The molecule has 1 nitrogen and oxygen atoms in total. The molecule has 0 saturated heterocycles. The van der Waals surface area contributed by atoms with Gasteiger partial charge >= 0.3 is 51.4 Å². The molecular formula is C7H17KO. The van der Waals surface area contributed by atoms with E-state index >= 15 is 0 Å². The standard InChI is InChI=1S/C4H9O.C3H8.K/c1-4(2,3)5;1-3-2;/h1-3H3;3H2,1-2H3;/q-1;;+1. The largest absolute Gasteiger partial charge is 1.00 e. The van der Waals surface area contributed by atoms with Gasteiger partial charge in [0, 0.05) is 0 Å². The van der Waals surface area contributed by atoms with Crippen molar-refractivity contribution in [3.8, 4) is 0 Å². The summed E-state index contributed by atoms with van der Waals surface area (Å²) >= 11 is 0. The molecule has 0 aliphatic carbocycles. The van der Waals surface area contributed by atoms with Gasteiger partial charge in [-0.25, -0.2) is 0 Å². The van der Waals surface area contributed by atoms with Gasteiger partial charge in [-0.15, -0.1) is 5.60 Å². The summed E-state index contributed by atoms with van der Waals surface area (Å²) in [7, 11) is 0. The van der Waals surface area contributed by atoms with Crippen molar-refractivity contribution in [3.05, 3.63) is 0 Å². The Morgan fingerprint density at radius 2 is 1.11 bits per heavy atom. The minimum atomic E-state index is -0.750. The summed E-state index contributed by atoms with van der Waals surface area (Å²) in [6.45, 7) is 9.15. The van der Waals surface area contributed by atoms with Gasteiger partial charge in [-0.1, -0.05) is 41.0 Å². The summed E-state index contributed by atoms with van der Waals surface area (Å²) < 4.78 is 0. The Labute approximate surface area is 102 Å². The first-order chi connectivity index (χ1) is 3.41. The van der Waals surface area contributed by atoms with Crippen molar-refractivity contribution in [3.63, 3.8) is 0 Å². The van der Waals surface area contributed by atoms with E-state index in [-0.39, 0.29) is 51.4 Å². The van der Waals surface area contributed by atoms with Gasteiger partial charge in [0.2, 0.25) is 0 Å². The van der Waals surface area contributed by atoms with E-state index in [1.165, 1.54) is 6.42 Å². The van der Waals surface area contributed by atoms with Crippen LogP contribution in [0.15, 0.2) is 0 Å². The van der Waals surface area contributed by atoms with Crippen LogP contribution in [0.4, 0.5) is 0 Å². The molecule has 9 heavy (non-hydrogen) atoms. The van der Waals surface area contributed by atoms with E-state index in [1.807, 2.05) is 0 Å². The zero-order valence-electron chi connectivity index (χ0n) is 7.62. The number of rotatable bonds is 0. The molecular weight excluding hydrogens is 139 g/mol. The topological polar surface area (TPSA) is 23.1 Å². The van der Waals surface area contributed by atoms with Crippen LogP contribution in [0.2, 0.25) is 0 Å². The van der Waals surface area contributed by atoms with Gasteiger partial charge in [-0.3, -0.25) is 0 Å². The van der Waals surface area contributed by atoms with Crippen LogP contribution in [0.5, 0.6) is 0 Å². The quantitative estimate of drug-likeness (QED) is 0.394. The van der Waals surface area contributed by atoms with E-state index in [0.29, 0.717) is 0 Å². The molecule has 0 N–H and O–H groups in total. The second kappa shape index (κ2) is 9.60. The molecule has 0 saturated carbocycles. The Kier molecular flexibility index (Phi) is 18.0. The average Bonchev–Trinajstić information content (AvgIpc) is 1.27. The zero-order valence-corrected chi connectivity index (χ0v) is 10.7. The summed E-state index contributed by atoms with van der Waals surface area (Å²) in [5, 5.41) is 10.1. The van der Waals surface area contributed by atoms with Gasteiger partial charge in [0.25, 0.3) is 0 Å². The summed E-state index contributed by atoms with van der Waals surface area (Å²) in [5.74, 6) is 0. The third-order valence-corrected chi connectivity index (χ3v) is 0. The fraction of sp³-hybridized carbons (Fsp3) is 1.00. The van der Waals surface area contributed by atoms with Crippen LogP contribution in [0.1, 0.15) is 41.0 Å². The normalized spacial score (nSPS) is 8.67. The molecule has 0 amide bonds. The number of hydrogen-bond acceptors (Lipinski definition) is 1. The second-order valence-corrected chi connectivity index (χ2v) is 2.82. The van der Waals surface area contributed by atoms with Crippen molar-refractivity contribution in [1.82, 2.24) is 0 Å². The zero-order chi connectivity index (χ0) is 7.21. The Morgan fingerprint density at radius 3 is 1.11 bits per heavy atom. The molecule has 0 atom stereocenters. The van der Waals surface area contributed by atoms with Crippen molar-refractivity contribution in [2.24, 2.45) is 0 Å². The van der Waals surface area contributed by atoms with Gasteiger partial charge in [0.15, 0.2) is 0 Å². The van der Waals surface area contributed by atoms with Gasteiger partial charge in [0.1, 0.15) is 0 Å². The summed E-state index contributed by atoms with van der Waals surface area (Å²) in [4.78, 5) is 0. The van der Waals surface area contributed by atoms with Crippen LogP contribution in [0, 0.1) is 0 Å². The van der Waals surface area contributed by atoms with Gasteiger partial charge in [-0.2, -0.15) is 0 Å². The third kappa shape index (κ3) is 217. The van der Waals surface area contributed by atoms with E-state index in [1.54, 1.807) is 20.8 Å². The van der Waals surface area contributed by atoms with Crippen molar-refractivity contribution < 1.29 is 56.5 Å². The predicted molar refractivity (Wildman–Crippen MR) is 35.7 cm³/mol. The molecule has 0 radical (unpaired) electrons. The Morgan fingerprint density at radius 1 is 1.11 bits per heavy atom. The van der Waals surface area contributed by atoms with E-state index in [2.05, 4.69) is 13.8 Å². The fourth-order valence-electron chi connectivity index (χ4n) is 0. The molecule has 0 spiro atoms. The van der Waals surface area contributed by atoms with Crippen LogP contribution >= 0.6 is 0 Å². The molecule has 0 aliphatic heterocycles. The molecule has 0 rings (SSSR count). The molecule has 0 aliphatic rings. The van der Waals surface area contributed by atoms with Crippen LogP contribution in [0.25, 0.3) is 0 Å². The maximum atomic E-state index is 10.1. The predicted octanol–water partition coefficient (Wildman–Crippen LogP) is -1.43. The van der Waals surface area contributed by atoms with Crippen molar-refractivity contribution in [2.75, 3.05) is 0 Å². The minimum absolute atomic E-state index is 0. The second-order valence-electron chi connectivity index (χ2n) is 2.82. The summed E-state index contributed by atoms with van der Waals surface area (Å²) in [5.41, 5.74) is -0.750. The molecule has 0 fully saturated rings. The van der Waals surface area contributed by atoms with E-state index in [4.69, 9.17) is 0 Å². The smallest absolute Gasteiger partial charge is 0.850 e. The van der Waals surface area contributed by atoms with Crippen LogP contribution < -0.4 is 56.5 Å². The first-order valence-corrected chi connectivity index (χ1v) is 3.12. The monoisotopic (exact) mass is 156 g/mol. The van der Waals surface area contributed by atoms with Crippen molar-refractivity contribution >= 4 is 0 Å². The Balaban J connectivity index is -0.0000000800. The minimum Gasteiger partial charge on any atom is -0.850 e. The van der Waals surface area contributed by atoms with Gasteiger partial charge in [0.05, 0.1) is 0 Å². The van der Waals surface area contributed by atoms with Crippen molar-refractivity contribution in [2.45, 2.75) is 46.6 Å². The summed E-state index contributed by atoms with van der Waals surface area (Å²) in [6, 6.07) is 0. The van der Waals surface area contributed by atoms with E-state index in [9.17, 15) is 5.11 Å². The van der Waals surface area contributed by atoms with Crippen LogP contribution in [0.3, 0.4) is 0 Å². The molecule has 0 aromatic rings. The third-order valence-electron chi connectivity index (χ3n) is 0. The van der Waals surface area contributed by atoms with Crippen LogP contribution in [-0.4, -0.2) is 5.60 Å². The fourth-order valence-corrected chi connectivity index (χ4v) is 0. The number of hydrogen-bond donors (Lipinski definition) is 0. The molecule has 2 heteroatoms. The maximum absolute atomic E-state index is 10.1. The SMILES string of the molecule is CC(C)(C)[O-].CCC.[K+]. The molecule has 0 aromatic heterocycles. The molecule has 0 aromatic carbocycles. The van der Waals surface area contributed by atoms with Gasteiger partial charge < -0.3 is 5.11 Å².